The summed E-state index contributed by atoms with van der Waals surface area (Å²) in [7, 11) is 2.06. The molecule has 0 aromatic carbocycles. The number of thiophene rings is 1. The van der Waals surface area contributed by atoms with Crippen LogP contribution in [-0.2, 0) is 7.05 Å². The first-order valence-electron chi connectivity index (χ1n) is 7.23. The van der Waals surface area contributed by atoms with Crippen molar-refractivity contribution in [1.82, 2.24) is 9.47 Å². The van der Waals surface area contributed by atoms with E-state index in [1.54, 1.807) is 0 Å². The van der Waals surface area contributed by atoms with Gasteiger partial charge in [0.1, 0.15) is 0 Å². The molecule has 0 aliphatic carbocycles. The number of aromatic nitrogens is 1. The number of rotatable bonds is 2. The van der Waals surface area contributed by atoms with Crippen molar-refractivity contribution in [2.24, 2.45) is 7.05 Å². The molecule has 1 amide bonds. The van der Waals surface area contributed by atoms with Crippen LogP contribution in [0, 0.1) is 0 Å². The summed E-state index contributed by atoms with van der Waals surface area (Å²) in [5.74, 6) is 0.188. The highest BCUT2D eigenvalue weighted by molar-refractivity contribution is 7.12. The third kappa shape index (κ3) is 2.52. The van der Waals surface area contributed by atoms with Crippen molar-refractivity contribution < 1.29 is 4.79 Å². The van der Waals surface area contributed by atoms with E-state index in [4.69, 9.17) is 0 Å². The van der Waals surface area contributed by atoms with E-state index in [1.807, 2.05) is 17.5 Å². The van der Waals surface area contributed by atoms with Crippen molar-refractivity contribution in [3.63, 3.8) is 0 Å². The van der Waals surface area contributed by atoms with Crippen LogP contribution in [0.1, 0.15) is 47.1 Å². The van der Waals surface area contributed by atoms with Gasteiger partial charge in [0.2, 0.25) is 0 Å². The molecule has 0 bridgehead atoms. The van der Waals surface area contributed by atoms with Gasteiger partial charge in [0.05, 0.1) is 10.9 Å². The number of amides is 1. The smallest absolute Gasteiger partial charge is 0.264 e. The minimum Gasteiger partial charge on any atom is -0.353 e. The van der Waals surface area contributed by atoms with Crippen molar-refractivity contribution in [3.8, 4) is 0 Å². The molecular weight excluding hydrogens is 268 g/mol. The summed E-state index contributed by atoms with van der Waals surface area (Å²) in [4.78, 5) is 15.7. The minimum absolute atomic E-state index is 0.188. The average Bonchev–Trinajstić information content (AvgIpc) is 3.05. The molecule has 0 radical (unpaired) electrons. The van der Waals surface area contributed by atoms with E-state index in [0.717, 1.165) is 24.3 Å². The SMILES string of the molecule is Cn1cccc1C1CCCCCN1C(=O)c1cccs1. The second kappa shape index (κ2) is 5.83. The van der Waals surface area contributed by atoms with Crippen LogP contribution >= 0.6 is 11.3 Å². The molecule has 4 heteroatoms. The molecule has 20 heavy (non-hydrogen) atoms. The molecule has 3 nitrogen and oxygen atoms in total. The standard InChI is InChI=1S/C16H20N2OS/c1-17-10-5-8-13(17)14-7-3-2-4-11-18(14)16(19)15-9-6-12-20-15/h5-6,8-10,12,14H,2-4,7,11H2,1H3. The molecule has 1 fully saturated rings. The number of aryl methyl sites for hydroxylation is 1. The number of likely N-dealkylation sites (tertiary alicyclic amines) is 1. The maximum Gasteiger partial charge on any atom is 0.264 e. The molecule has 3 heterocycles. The lowest BCUT2D eigenvalue weighted by molar-refractivity contribution is 0.0679. The lowest BCUT2D eigenvalue weighted by Crippen LogP contribution is -2.35. The number of hydrogen-bond donors (Lipinski definition) is 0. The maximum atomic E-state index is 12.8. The van der Waals surface area contributed by atoms with Crippen LogP contribution in [-0.4, -0.2) is 21.9 Å². The van der Waals surface area contributed by atoms with Crippen molar-refractivity contribution in [3.05, 3.63) is 46.4 Å². The number of nitrogens with zero attached hydrogens (tertiary/aromatic N) is 2. The Balaban J connectivity index is 1.92. The Morgan fingerprint density at radius 2 is 2.15 bits per heavy atom. The Morgan fingerprint density at radius 3 is 2.85 bits per heavy atom. The Morgan fingerprint density at radius 1 is 1.25 bits per heavy atom. The molecule has 2 aromatic rings. The topological polar surface area (TPSA) is 25.2 Å². The van der Waals surface area contributed by atoms with Gasteiger partial charge < -0.3 is 9.47 Å². The van der Waals surface area contributed by atoms with Crippen molar-refractivity contribution in [1.29, 1.82) is 0 Å². The molecule has 1 atom stereocenters. The van der Waals surface area contributed by atoms with Crippen LogP contribution < -0.4 is 0 Å². The van der Waals surface area contributed by atoms with E-state index < -0.39 is 0 Å². The highest BCUT2D eigenvalue weighted by Gasteiger charge is 2.29. The average molecular weight is 288 g/mol. The van der Waals surface area contributed by atoms with E-state index in [1.165, 1.54) is 29.9 Å². The van der Waals surface area contributed by atoms with E-state index in [0.29, 0.717) is 0 Å². The summed E-state index contributed by atoms with van der Waals surface area (Å²) in [5, 5.41) is 1.97. The fourth-order valence-electron chi connectivity index (χ4n) is 3.02. The van der Waals surface area contributed by atoms with Gasteiger partial charge in [-0.15, -0.1) is 11.3 Å². The number of hydrogen-bond acceptors (Lipinski definition) is 2. The van der Waals surface area contributed by atoms with Crippen LogP contribution in [0.3, 0.4) is 0 Å². The Bertz CT molecular complexity index is 573. The van der Waals surface area contributed by atoms with E-state index in [9.17, 15) is 4.79 Å². The number of carbonyl (C=O) groups excluding carboxylic acids is 1. The first-order chi connectivity index (χ1) is 9.77. The van der Waals surface area contributed by atoms with Crippen LogP contribution in [0.2, 0.25) is 0 Å². The van der Waals surface area contributed by atoms with Crippen molar-refractivity contribution in [2.45, 2.75) is 31.7 Å². The van der Waals surface area contributed by atoms with Crippen molar-refractivity contribution >= 4 is 17.2 Å². The molecule has 3 rings (SSSR count). The normalized spacial score (nSPS) is 19.9. The van der Waals surface area contributed by atoms with E-state index in [2.05, 4.69) is 34.8 Å². The van der Waals surface area contributed by atoms with Gasteiger partial charge in [-0.1, -0.05) is 18.9 Å². The summed E-state index contributed by atoms with van der Waals surface area (Å²) in [5.41, 5.74) is 1.25. The largest absolute Gasteiger partial charge is 0.353 e. The summed E-state index contributed by atoms with van der Waals surface area (Å²) in [6.45, 7) is 0.868. The van der Waals surface area contributed by atoms with Crippen LogP contribution in [0.15, 0.2) is 35.8 Å². The quantitative estimate of drug-likeness (QED) is 0.824. The molecular formula is C16H20N2OS. The molecule has 0 saturated carbocycles. The highest BCUT2D eigenvalue weighted by atomic mass is 32.1. The summed E-state index contributed by atoms with van der Waals surface area (Å²) in [6, 6.07) is 8.30. The molecule has 1 aliphatic rings. The summed E-state index contributed by atoms with van der Waals surface area (Å²) >= 11 is 1.54. The van der Waals surface area contributed by atoms with Gasteiger partial charge in [-0.2, -0.15) is 0 Å². The zero-order valence-corrected chi connectivity index (χ0v) is 12.6. The third-order valence-corrected chi connectivity index (χ3v) is 4.93. The first-order valence-corrected chi connectivity index (χ1v) is 8.11. The first kappa shape index (κ1) is 13.4. The van der Waals surface area contributed by atoms with E-state index >= 15 is 0 Å². The monoisotopic (exact) mass is 288 g/mol. The van der Waals surface area contributed by atoms with Crippen LogP contribution in [0.5, 0.6) is 0 Å². The second-order valence-corrected chi connectivity index (χ2v) is 6.33. The second-order valence-electron chi connectivity index (χ2n) is 5.38. The van der Waals surface area contributed by atoms with Gasteiger partial charge in [-0.3, -0.25) is 4.79 Å². The van der Waals surface area contributed by atoms with Crippen molar-refractivity contribution in [2.75, 3.05) is 6.54 Å². The molecule has 2 aromatic heterocycles. The minimum atomic E-state index is 0.188. The van der Waals surface area contributed by atoms with Gasteiger partial charge in [-0.25, -0.2) is 0 Å². The molecule has 0 N–H and O–H groups in total. The predicted molar refractivity (Wildman–Crippen MR) is 82.0 cm³/mol. The van der Waals surface area contributed by atoms with Crippen LogP contribution in [0.4, 0.5) is 0 Å². The Kier molecular flexibility index (Phi) is 3.92. The molecule has 1 unspecified atom stereocenters. The Labute approximate surface area is 123 Å². The van der Waals surface area contributed by atoms with Gasteiger partial charge in [0, 0.05) is 25.5 Å². The molecule has 1 aliphatic heterocycles. The molecule has 106 valence electrons. The third-order valence-electron chi connectivity index (χ3n) is 4.07. The van der Waals surface area contributed by atoms with Gasteiger partial charge >= 0.3 is 0 Å². The number of carbonyl (C=O) groups is 1. The molecule has 0 spiro atoms. The van der Waals surface area contributed by atoms with Gasteiger partial charge in [-0.05, 0) is 36.4 Å². The van der Waals surface area contributed by atoms with Gasteiger partial charge in [0.15, 0.2) is 0 Å². The highest BCUT2D eigenvalue weighted by Crippen LogP contribution is 2.32. The zero-order valence-electron chi connectivity index (χ0n) is 11.8. The lowest BCUT2D eigenvalue weighted by atomic mass is 10.1. The van der Waals surface area contributed by atoms with Gasteiger partial charge in [0.25, 0.3) is 5.91 Å². The van der Waals surface area contributed by atoms with E-state index in [-0.39, 0.29) is 11.9 Å². The Hall–Kier alpha value is -1.55. The fraction of sp³-hybridized carbons (Fsp3) is 0.438. The summed E-state index contributed by atoms with van der Waals surface area (Å²) < 4.78 is 2.14. The summed E-state index contributed by atoms with van der Waals surface area (Å²) in [6.07, 6.45) is 6.65. The maximum absolute atomic E-state index is 12.8. The fourth-order valence-corrected chi connectivity index (χ4v) is 3.70. The molecule has 1 saturated heterocycles. The predicted octanol–water partition coefficient (Wildman–Crippen LogP) is 3.84. The van der Waals surface area contributed by atoms with Crippen LogP contribution in [0.25, 0.3) is 0 Å². The lowest BCUT2D eigenvalue weighted by Gasteiger charge is -2.30. The zero-order chi connectivity index (χ0) is 13.9.